The molecule has 2 aromatic rings. The molecule has 0 radical (unpaired) electrons. The Kier molecular flexibility index (Phi) is 3.41. The molecule has 98 valence electrons. The minimum atomic E-state index is 0.355. The molecule has 18 heavy (non-hydrogen) atoms. The van der Waals surface area contributed by atoms with E-state index in [-0.39, 0.29) is 0 Å². The fraction of sp³-hybridized carbons (Fsp3) is 0.538. The van der Waals surface area contributed by atoms with Gasteiger partial charge in [0.2, 0.25) is 0 Å². The van der Waals surface area contributed by atoms with Gasteiger partial charge in [-0.15, -0.1) is 0 Å². The largest absolute Gasteiger partial charge is 0.383 e. The van der Waals surface area contributed by atoms with Gasteiger partial charge in [0.1, 0.15) is 17.3 Å². The third kappa shape index (κ3) is 2.00. The Morgan fingerprint density at radius 1 is 1.39 bits per heavy atom. The Morgan fingerprint density at radius 2 is 2.11 bits per heavy atom. The van der Waals surface area contributed by atoms with Crippen LogP contribution < -0.4 is 5.73 Å². The number of imidazole rings is 2. The molecule has 0 unspecified atom stereocenters. The van der Waals surface area contributed by atoms with Gasteiger partial charge in [0.15, 0.2) is 0 Å². The van der Waals surface area contributed by atoms with Crippen molar-refractivity contribution in [3.05, 3.63) is 18.3 Å². The van der Waals surface area contributed by atoms with Crippen LogP contribution in [0.15, 0.2) is 12.5 Å². The molecule has 0 saturated heterocycles. The molecule has 0 bridgehead atoms. The number of nitrogens with two attached hydrogens (primary N) is 1. The molecule has 0 saturated carbocycles. The number of aryl methyl sites for hydroxylation is 1. The molecule has 2 heterocycles. The number of hydrogen-bond donors (Lipinski definition) is 1. The van der Waals surface area contributed by atoms with E-state index in [1.54, 1.807) is 0 Å². The molecule has 0 fully saturated rings. The Morgan fingerprint density at radius 3 is 2.67 bits per heavy atom. The molecule has 0 spiro atoms. The summed E-state index contributed by atoms with van der Waals surface area (Å²) in [6.07, 6.45) is 4.73. The van der Waals surface area contributed by atoms with E-state index >= 15 is 0 Å². The van der Waals surface area contributed by atoms with Crippen molar-refractivity contribution in [1.82, 2.24) is 19.1 Å². The summed E-state index contributed by atoms with van der Waals surface area (Å²) in [7, 11) is 1.96. The first-order chi connectivity index (χ1) is 8.56. The van der Waals surface area contributed by atoms with E-state index in [0.29, 0.717) is 11.7 Å². The summed E-state index contributed by atoms with van der Waals surface area (Å²) in [5.41, 5.74) is 7.99. The van der Waals surface area contributed by atoms with Gasteiger partial charge in [-0.3, -0.25) is 0 Å². The number of nitrogen functional groups attached to an aromatic ring is 1. The molecule has 0 atom stereocenters. The second-order valence-electron chi connectivity index (χ2n) is 4.89. The van der Waals surface area contributed by atoms with E-state index < -0.39 is 0 Å². The molecule has 5 nitrogen and oxygen atoms in total. The van der Waals surface area contributed by atoms with Gasteiger partial charge in [-0.1, -0.05) is 20.8 Å². The maximum atomic E-state index is 6.16. The van der Waals surface area contributed by atoms with Crippen LogP contribution in [0.2, 0.25) is 0 Å². The van der Waals surface area contributed by atoms with Crippen molar-refractivity contribution < 1.29 is 0 Å². The van der Waals surface area contributed by atoms with Crippen molar-refractivity contribution >= 4 is 5.82 Å². The highest BCUT2D eigenvalue weighted by molar-refractivity contribution is 5.68. The van der Waals surface area contributed by atoms with Crippen molar-refractivity contribution in [1.29, 1.82) is 0 Å². The van der Waals surface area contributed by atoms with E-state index in [2.05, 4.69) is 35.3 Å². The van der Waals surface area contributed by atoms with Crippen molar-refractivity contribution in [3.63, 3.8) is 0 Å². The summed E-state index contributed by atoms with van der Waals surface area (Å²) < 4.78 is 4.06. The fourth-order valence-corrected chi connectivity index (χ4v) is 2.17. The molecule has 2 aromatic heterocycles. The van der Waals surface area contributed by atoms with Crippen LogP contribution in [0.1, 0.15) is 38.9 Å². The lowest BCUT2D eigenvalue weighted by Gasteiger charge is -2.05. The molecule has 0 amide bonds. The van der Waals surface area contributed by atoms with E-state index in [1.165, 1.54) is 0 Å². The zero-order valence-corrected chi connectivity index (χ0v) is 11.5. The van der Waals surface area contributed by atoms with Gasteiger partial charge < -0.3 is 14.9 Å². The second kappa shape index (κ2) is 4.84. The van der Waals surface area contributed by atoms with Crippen molar-refractivity contribution in [3.8, 4) is 11.4 Å². The van der Waals surface area contributed by atoms with Crippen LogP contribution in [-0.4, -0.2) is 19.1 Å². The summed E-state index contributed by atoms with van der Waals surface area (Å²) in [5, 5.41) is 0. The van der Waals surface area contributed by atoms with Gasteiger partial charge in [-0.2, -0.15) is 0 Å². The molecule has 0 aliphatic rings. The number of rotatable bonds is 4. The number of anilines is 1. The maximum Gasteiger partial charge on any atom is 0.133 e. The fourth-order valence-electron chi connectivity index (χ4n) is 2.17. The van der Waals surface area contributed by atoms with E-state index in [0.717, 1.165) is 30.2 Å². The first-order valence-electron chi connectivity index (χ1n) is 6.38. The van der Waals surface area contributed by atoms with Gasteiger partial charge in [0, 0.05) is 19.5 Å². The highest BCUT2D eigenvalue weighted by Gasteiger charge is 2.18. The summed E-state index contributed by atoms with van der Waals surface area (Å²) in [6, 6.07) is 0. The van der Waals surface area contributed by atoms with Crippen LogP contribution in [0, 0.1) is 0 Å². The van der Waals surface area contributed by atoms with Gasteiger partial charge in [0.25, 0.3) is 0 Å². The number of nitrogens with zero attached hydrogens (tertiary/aromatic N) is 4. The van der Waals surface area contributed by atoms with Crippen LogP contribution in [-0.2, 0) is 13.6 Å². The Bertz CT molecular complexity index is 536. The van der Waals surface area contributed by atoms with Crippen molar-refractivity contribution in [2.24, 2.45) is 7.05 Å². The minimum Gasteiger partial charge on any atom is -0.383 e. The lowest BCUT2D eigenvalue weighted by molar-refractivity contribution is 0.682. The zero-order valence-electron chi connectivity index (χ0n) is 11.5. The molecule has 0 aliphatic heterocycles. The van der Waals surface area contributed by atoms with Crippen LogP contribution in [0.5, 0.6) is 0 Å². The SMILES string of the molecule is CCCn1cncc1-c1nc(C(C)C)n(C)c1N. The molecular weight excluding hydrogens is 226 g/mol. The van der Waals surface area contributed by atoms with Crippen LogP contribution in [0.4, 0.5) is 5.82 Å². The van der Waals surface area contributed by atoms with Gasteiger partial charge in [0.05, 0.1) is 18.2 Å². The summed E-state index contributed by atoms with van der Waals surface area (Å²) in [6.45, 7) is 7.32. The Labute approximate surface area is 108 Å². The van der Waals surface area contributed by atoms with Crippen molar-refractivity contribution in [2.45, 2.75) is 39.7 Å². The first kappa shape index (κ1) is 12.7. The van der Waals surface area contributed by atoms with E-state index in [1.807, 2.05) is 24.1 Å². The predicted molar refractivity (Wildman–Crippen MR) is 73.2 cm³/mol. The van der Waals surface area contributed by atoms with E-state index in [9.17, 15) is 0 Å². The molecule has 5 heteroatoms. The monoisotopic (exact) mass is 247 g/mol. The summed E-state index contributed by atoms with van der Waals surface area (Å²) in [5.74, 6) is 2.07. The molecule has 0 aromatic carbocycles. The highest BCUT2D eigenvalue weighted by Crippen LogP contribution is 2.28. The normalized spacial score (nSPS) is 11.4. The lowest BCUT2D eigenvalue weighted by atomic mass is 10.2. The number of hydrogen-bond acceptors (Lipinski definition) is 3. The third-order valence-electron chi connectivity index (χ3n) is 3.11. The predicted octanol–water partition coefficient (Wildman–Crippen LogP) is 2.40. The Hall–Kier alpha value is -1.78. The van der Waals surface area contributed by atoms with Crippen molar-refractivity contribution in [2.75, 3.05) is 5.73 Å². The summed E-state index contributed by atoms with van der Waals surface area (Å²) in [4.78, 5) is 8.87. The molecule has 2 N–H and O–H groups in total. The van der Waals surface area contributed by atoms with Crippen LogP contribution >= 0.6 is 0 Å². The lowest BCUT2D eigenvalue weighted by Crippen LogP contribution is -2.03. The standard InChI is InChI=1S/C13H21N5/c1-5-6-18-8-15-7-10(18)11-12(14)17(4)13(16-11)9(2)3/h7-9H,5-6,14H2,1-4H3. The first-order valence-corrected chi connectivity index (χ1v) is 6.38. The smallest absolute Gasteiger partial charge is 0.133 e. The van der Waals surface area contributed by atoms with Crippen LogP contribution in [0.25, 0.3) is 11.4 Å². The number of aromatic nitrogens is 4. The van der Waals surface area contributed by atoms with Gasteiger partial charge >= 0.3 is 0 Å². The highest BCUT2D eigenvalue weighted by atomic mass is 15.1. The molecule has 0 aliphatic carbocycles. The quantitative estimate of drug-likeness (QED) is 0.902. The molecular formula is C13H21N5. The zero-order chi connectivity index (χ0) is 13.3. The van der Waals surface area contributed by atoms with Gasteiger partial charge in [-0.25, -0.2) is 9.97 Å². The van der Waals surface area contributed by atoms with E-state index in [4.69, 9.17) is 5.73 Å². The topological polar surface area (TPSA) is 61.7 Å². The van der Waals surface area contributed by atoms with Gasteiger partial charge in [-0.05, 0) is 6.42 Å². The average Bonchev–Trinajstić information content (AvgIpc) is 2.87. The third-order valence-corrected chi connectivity index (χ3v) is 3.11. The molecule has 2 rings (SSSR count). The maximum absolute atomic E-state index is 6.16. The second-order valence-corrected chi connectivity index (χ2v) is 4.89. The minimum absolute atomic E-state index is 0.355. The Balaban J connectivity index is 2.50. The summed E-state index contributed by atoms with van der Waals surface area (Å²) >= 11 is 0. The van der Waals surface area contributed by atoms with Crippen LogP contribution in [0.3, 0.4) is 0 Å². The average molecular weight is 247 g/mol.